The van der Waals surface area contributed by atoms with Gasteiger partial charge >= 0.3 is 6.03 Å². The Labute approximate surface area is 121 Å². The van der Waals surface area contributed by atoms with Crippen LogP contribution in [0.15, 0.2) is 0 Å². The normalized spacial score (nSPS) is 39.1. The molecule has 0 saturated heterocycles. The van der Waals surface area contributed by atoms with Crippen molar-refractivity contribution in [2.45, 2.75) is 69.9 Å². The molecule has 4 fully saturated rings. The molecule has 1 unspecified atom stereocenters. The SMILES string of the molecule is CCC(CC#N)NC(=O)NC12CC3CC(CC(C3)C1)C2. The molecular weight excluding hydrogens is 250 g/mol. The van der Waals surface area contributed by atoms with Crippen molar-refractivity contribution in [2.75, 3.05) is 0 Å². The van der Waals surface area contributed by atoms with Gasteiger partial charge in [0.1, 0.15) is 0 Å². The number of carbonyl (C=O) groups is 1. The first kappa shape index (κ1) is 13.7. The van der Waals surface area contributed by atoms with Gasteiger partial charge in [0.05, 0.1) is 12.5 Å². The Morgan fingerprint density at radius 3 is 2.25 bits per heavy atom. The van der Waals surface area contributed by atoms with Crippen molar-refractivity contribution >= 4 is 6.03 Å². The summed E-state index contributed by atoms with van der Waals surface area (Å²) in [5.41, 5.74) is 0.0593. The topological polar surface area (TPSA) is 64.9 Å². The number of urea groups is 1. The summed E-state index contributed by atoms with van der Waals surface area (Å²) in [6.07, 6.45) is 8.86. The fourth-order valence-electron chi connectivity index (χ4n) is 5.13. The Morgan fingerprint density at radius 1 is 1.25 bits per heavy atom. The molecule has 0 heterocycles. The minimum absolute atomic E-state index is 0.0195. The lowest BCUT2D eigenvalue weighted by molar-refractivity contribution is -0.0136. The van der Waals surface area contributed by atoms with Gasteiger partial charge in [-0.05, 0) is 62.7 Å². The van der Waals surface area contributed by atoms with Crippen LogP contribution < -0.4 is 10.6 Å². The van der Waals surface area contributed by atoms with E-state index in [1.54, 1.807) is 0 Å². The van der Waals surface area contributed by atoms with Gasteiger partial charge in [0, 0.05) is 11.6 Å². The first-order valence-corrected chi connectivity index (χ1v) is 8.08. The van der Waals surface area contributed by atoms with E-state index >= 15 is 0 Å². The molecule has 0 aromatic carbocycles. The Kier molecular flexibility index (Phi) is 3.62. The number of hydrogen-bond donors (Lipinski definition) is 2. The highest BCUT2D eigenvalue weighted by Crippen LogP contribution is 2.55. The van der Waals surface area contributed by atoms with E-state index in [9.17, 15) is 4.79 Å². The molecule has 0 aromatic heterocycles. The van der Waals surface area contributed by atoms with Gasteiger partial charge < -0.3 is 10.6 Å². The van der Waals surface area contributed by atoms with Gasteiger partial charge in [-0.15, -0.1) is 0 Å². The van der Waals surface area contributed by atoms with Crippen molar-refractivity contribution in [3.8, 4) is 6.07 Å². The molecule has 4 saturated carbocycles. The quantitative estimate of drug-likeness (QED) is 0.828. The lowest BCUT2D eigenvalue weighted by Gasteiger charge is -2.56. The summed E-state index contributed by atoms with van der Waals surface area (Å²) in [7, 11) is 0. The fourth-order valence-corrected chi connectivity index (χ4v) is 5.13. The number of amides is 2. The van der Waals surface area contributed by atoms with E-state index in [0.29, 0.717) is 6.42 Å². The molecule has 2 amide bonds. The van der Waals surface area contributed by atoms with E-state index in [1.165, 1.54) is 38.5 Å². The van der Waals surface area contributed by atoms with Gasteiger partial charge in [0.2, 0.25) is 0 Å². The zero-order chi connectivity index (χ0) is 14.2. The van der Waals surface area contributed by atoms with Crippen molar-refractivity contribution in [3.63, 3.8) is 0 Å². The lowest BCUT2D eigenvalue weighted by atomic mass is 9.53. The highest BCUT2D eigenvalue weighted by atomic mass is 16.2. The number of carbonyl (C=O) groups excluding carboxylic acids is 1. The molecule has 4 bridgehead atoms. The predicted molar refractivity (Wildman–Crippen MR) is 76.9 cm³/mol. The van der Waals surface area contributed by atoms with E-state index in [2.05, 4.69) is 16.7 Å². The minimum atomic E-state index is -0.0611. The van der Waals surface area contributed by atoms with Crippen molar-refractivity contribution in [3.05, 3.63) is 0 Å². The number of nitriles is 1. The highest BCUT2D eigenvalue weighted by molar-refractivity contribution is 5.75. The molecule has 4 heteroatoms. The Morgan fingerprint density at radius 2 is 1.80 bits per heavy atom. The lowest BCUT2D eigenvalue weighted by Crippen LogP contribution is -2.62. The number of nitrogens with one attached hydrogen (secondary N) is 2. The Bertz CT molecular complexity index is 391. The average molecular weight is 275 g/mol. The standard InChI is InChI=1S/C16H25N3O/c1-2-14(3-4-17)18-15(20)19-16-8-11-5-12(9-16)7-13(6-11)10-16/h11-14H,2-3,5-10H2,1H3,(H2,18,19,20). The molecule has 4 aliphatic carbocycles. The van der Waals surface area contributed by atoms with Gasteiger partial charge in [0.15, 0.2) is 0 Å². The van der Waals surface area contributed by atoms with Crippen LogP contribution in [0.3, 0.4) is 0 Å². The summed E-state index contributed by atoms with van der Waals surface area (Å²) < 4.78 is 0. The predicted octanol–water partition coefficient (Wildman–Crippen LogP) is 2.95. The van der Waals surface area contributed by atoms with Gasteiger partial charge in [-0.3, -0.25) is 0 Å². The summed E-state index contributed by atoms with van der Waals surface area (Å²) in [6, 6.07) is 2.06. The molecule has 0 aromatic rings. The molecular formula is C16H25N3O. The largest absolute Gasteiger partial charge is 0.334 e. The van der Waals surface area contributed by atoms with Gasteiger partial charge in [0.25, 0.3) is 0 Å². The molecule has 0 spiro atoms. The number of nitrogens with zero attached hydrogens (tertiary/aromatic N) is 1. The third-order valence-electron chi connectivity index (χ3n) is 5.58. The van der Waals surface area contributed by atoms with Crippen LogP contribution >= 0.6 is 0 Å². The summed E-state index contributed by atoms with van der Waals surface area (Å²) in [5.74, 6) is 2.51. The highest BCUT2D eigenvalue weighted by Gasteiger charge is 2.51. The third-order valence-corrected chi connectivity index (χ3v) is 5.58. The van der Waals surface area contributed by atoms with E-state index in [0.717, 1.165) is 24.2 Å². The third kappa shape index (κ3) is 2.63. The van der Waals surface area contributed by atoms with Crippen LogP contribution in [-0.2, 0) is 0 Å². The first-order chi connectivity index (χ1) is 9.62. The average Bonchev–Trinajstić information content (AvgIpc) is 2.35. The fraction of sp³-hybridized carbons (Fsp3) is 0.875. The van der Waals surface area contributed by atoms with Crippen LogP contribution in [0.1, 0.15) is 58.3 Å². The van der Waals surface area contributed by atoms with Crippen LogP contribution in [-0.4, -0.2) is 17.6 Å². The molecule has 0 radical (unpaired) electrons. The second-order valence-electron chi connectivity index (χ2n) is 7.26. The summed E-state index contributed by atoms with van der Waals surface area (Å²) in [6.45, 7) is 2.01. The monoisotopic (exact) mass is 275 g/mol. The minimum Gasteiger partial charge on any atom is -0.334 e. The van der Waals surface area contributed by atoms with Crippen molar-refractivity contribution in [1.29, 1.82) is 5.26 Å². The van der Waals surface area contributed by atoms with Crippen molar-refractivity contribution < 1.29 is 4.79 Å². The molecule has 4 rings (SSSR count). The molecule has 1 atom stereocenters. The molecule has 4 aliphatic rings. The summed E-state index contributed by atoms with van der Waals surface area (Å²) in [5, 5.41) is 15.0. The van der Waals surface area contributed by atoms with E-state index in [-0.39, 0.29) is 17.6 Å². The number of rotatable bonds is 4. The zero-order valence-electron chi connectivity index (χ0n) is 12.3. The van der Waals surface area contributed by atoms with E-state index < -0.39 is 0 Å². The second kappa shape index (κ2) is 5.27. The van der Waals surface area contributed by atoms with Crippen LogP contribution in [0.5, 0.6) is 0 Å². The Balaban J connectivity index is 1.60. The summed E-state index contributed by atoms with van der Waals surface area (Å²) >= 11 is 0. The van der Waals surface area contributed by atoms with Crippen LogP contribution in [0.2, 0.25) is 0 Å². The van der Waals surface area contributed by atoms with E-state index in [4.69, 9.17) is 5.26 Å². The van der Waals surface area contributed by atoms with E-state index in [1.807, 2.05) is 6.92 Å². The van der Waals surface area contributed by atoms with Crippen molar-refractivity contribution in [1.82, 2.24) is 10.6 Å². The van der Waals surface area contributed by atoms with Gasteiger partial charge in [-0.25, -0.2) is 4.79 Å². The molecule has 4 nitrogen and oxygen atoms in total. The zero-order valence-corrected chi connectivity index (χ0v) is 12.3. The maximum Gasteiger partial charge on any atom is 0.315 e. The molecule has 110 valence electrons. The summed E-state index contributed by atoms with van der Waals surface area (Å²) in [4.78, 5) is 12.2. The molecule has 20 heavy (non-hydrogen) atoms. The Hall–Kier alpha value is -1.24. The van der Waals surface area contributed by atoms with Crippen LogP contribution in [0.25, 0.3) is 0 Å². The van der Waals surface area contributed by atoms with Gasteiger partial charge in [-0.1, -0.05) is 6.92 Å². The van der Waals surface area contributed by atoms with Crippen LogP contribution in [0, 0.1) is 29.1 Å². The smallest absolute Gasteiger partial charge is 0.315 e. The second-order valence-corrected chi connectivity index (χ2v) is 7.26. The first-order valence-electron chi connectivity index (χ1n) is 8.08. The molecule has 0 aliphatic heterocycles. The maximum atomic E-state index is 12.2. The van der Waals surface area contributed by atoms with Crippen molar-refractivity contribution in [2.24, 2.45) is 17.8 Å². The number of hydrogen-bond acceptors (Lipinski definition) is 2. The maximum absolute atomic E-state index is 12.2. The van der Waals surface area contributed by atoms with Gasteiger partial charge in [-0.2, -0.15) is 5.26 Å². The molecule has 2 N–H and O–H groups in total. The van der Waals surface area contributed by atoms with Crippen LogP contribution in [0.4, 0.5) is 4.79 Å².